The predicted molar refractivity (Wildman–Crippen MR) is 75.9 cm³/mol. The fourth-order valence-electron chi connectivity index (χ4n) is 2.73. The molecule has 2 aliphatic rings. The van der Waals surface area contributed by atoms with Gasteiger partial charge in [-0.1, -0.05) is 15.9 Å². The van der Waals surface area contributed by atoms with Crippen LogP contribution in [0.3, 0.4) is 0 Å². The molecular formula is C13H18BrN3. The second kappa shape index (κ2) is 4.86. The lowest BCUT2D eigenvalue weighted by Crippen LogP contribution is -2.42. The molecule has 0 radical (unpaired) electrons. The molecule has 0 saturated carbocycles. The molecule has 1 aromatic rings. The maximum absolute atomic E-state index is 3.58. The monoisotopic (exact) mass is 295 g/mol. The average molecular weight is 296 g/mol. The van der Waals surface area contributed by atoms with Crippen molar-refractivity contribution in [1.29, 1.82) is 0 Å². The van der Waals surface area contributed by atoms with E-state index in [9.17, 15) is 0 Å². The summed E-state index contributed by atoms with van der Waals surface area (Å²) in [5.41, 5.74) is 2.59. The van der Waals surface area contributed by atoms with Gasteiger partial charge in [0.25, 0.3) is 0 Å². The summed E-state index contributed by atoms with van der Waals surface area (Å²) >= 11 is 3.56. The van der Waals surface area contributed by atoms with Crippen LogP contribution in [0.25, 0.3) is 0 Å². The van der Waals surface area contributed by atoms with Gasteiger partial charge in [0.15, 0.2) is 0 Å². The zero-order chi connectivity index (χ0) is 11.7. The number of halogens is 1. The van der Waals surface area contributed by atoms with Crippen LogP contribution in [0.4, 0.5) is 11.4 Å². The van der Waals surface area contributed by atoms with Gasteiger partial charge in [-0.05, 0) is 37.6 Å². The molecule has 3 rings (SSSR count). The zero-order valence-corrected chi connectivity index (χ0v) is 11.5. The minimum Gasteiger partial charge on any atom is -0.382 e. The number of hydrogen-bond donors (Lipinski definition) is 2. The molecule has 0 bridgehead atoms. The summed E-state index contributed by atoms with van der Waals surface area (Å²) in [6.07, 6.45) is 2.63. The van der Waals surface area contributed by atoms with Crippen LogP contribution < -0.4 is 15.5 Å². The topological polar surface area (TPSA) is 27.3 Å². The van der Waals surface area contributed by atoms with Gasteiger partial charge in [0.05, 0.1) is 11.4 Å². The SMILES string of the molecule is Brc1ccc2c(c1)N(CC1CCCN1)CCN2. The maximum Gasteiger partial charge on any atom is 0.0614 e. The van der Waals surface area contributed by atoms with Gasteiger partial charge in [-0.25, -0.2) is 0 Å². The van der Waals surface area contributed by atoms with E-state index >= 15 is 0 Å². The van der Waals surface area contributed by atoms with E-state index in [4.69, 9.17) is 0 Å². The van der Waals surface area contributed by atoms with E-state index in [-0.39, 0.29) is 0 Å². The van der Waals surface area contributed by atoms with Crippen molar-refractivity contribution in [2.24, 2.45) is 0 Å². The Morgan fingerprint density at radius 1 is 1.35 bits per heavy atom. The first-order valence-corrected chi connectivity index (χ1v) is 7.14. The second-order valence-corrected chi connectivity index (χ2v) is 5.74. The fourth-order valence-corrected chi connectivity index (χ4v) is 3.08. The van der Waals surface area contributed by atoms with E-state index in [0.717, 1.165) is 24.1 Å². The summed E-state index contributed by atoms with van der Waals surface area (Å²) in [6.45, 7) is 4.45. The third kappa shape index (κ3) is 2.43. The normalized spacial score (nSPS) is 23.4. The number of fused-ring (bicyclic) bond motifs is 1. The first-order valence-electron chi connectivity index (χ1n) is 6.35. The van der Waals surface area contributed by atoms with Crippen molar-refractivity contribution in [2.45, 2.75) is 18.9 Å². The molecule has 17 heavy (non-hydrogen) atoms. The molecule has 2 heterocycles. The highest BCUT2D eigenvalue weighted by Gasteiger charge is 2.22. The Morgan fingerprint density at radius 2 is 2.29 bits per heavy atom. The molecule has 3 nitrogen and oxygen atoms in total. The van der Waals surface area contributed by atoms with Gasteiger partial charge >= 0.3 is 0 Å². The molecule has 1 atom stereocenters. The molecule has 92 valence electrons. The Kier molecular flexibility index (Phi) is 3.25. The van der Waals surface area contributed by atoms with Crippen molar-refractivity contribution in [3.63, 3.8) is 0 Å². The van der Waals surface area contributed by atoms with E-state index in [1.54, 1.807) is 0 Å². The van der Waals surface area contributed by atoms with E-state index in [1.165, 1.54) is 30.8 Å². The molecule has 0 spiro atoms. The lowest BCUT2D eigenvalue weighted by Gasteiger charge is -2.34. The lowest BCUT2D eigenvalue weighted by molar-refractivity contribution is 0.581. The highest BCUT2D eigenvalue weighted by molar-refractivity contribution is 9.10. The van der Waals surface area contributed by atoms with Crippen LogP contribution in [-0.4, -0.2) is 32.2 Å². The Morgan fingerprint density at radius 3 is 3.12 bits per heavy atom. The minimum absolute atomic E-state index is 0.667. The number of hydrogen-bond acceptors (Lipinski definition) is 3. The van der Waals surface area contributed by atoms with Crippen LogP contribution in [-0.2, 0) is 0 Å². The van der Waals surface area contributed by atoms with Crippen LogP contribution in [0, 0.1) is 0 Å². The number of nitrogens with zero attached hydrogens (tertiary/aromatic N) is 1. The summed E-state index contributed by atoms with van der Waals surface area (Å²) in [7, 11) is 0. The summed E-state index contributed by atoms with van der Waals surface area (Å²) in [5, 5.41) is 7.04. The molecule has 1 fully saturated rings. The zero-order valence-electron chi connectivity index (χ0n) is 9.88. The number of nitrogens with one attached hydrogen (secondary N) is 2. The molecule has 0 amide bonds. The second-order valence-electron chi connectivity index (χ2n) is 4.83. The summed E-state index contributed by atoms with van der Waals surface area (Å²) < 4.78 is 1.16. The van der Waals surface area contributed by atoms with Crippen LogP contribution in [0.5, 0.6) is 0 Å². The smallest absolute Gasteiger partial charge is 0.0614 e. The van der Waals surface area contributed by atoms with E-state index < -0.39 is 0 Å². The highest BCUT2D eigenvalue weighted by atomic mass is 79.9. The van der Waals surface area contributed by atoms with Crippen LogP contribution in [0.15, 0.2) is 22.7 Å². The highest BCUT2D eigenvalue weighted by Crippen LogP contribution is 2.32. The molecule has 0 aromatic heterocycles. The van der Waals surface area contributed by atoms with Crippen molar-refractivity contribution < 1.29 is 0 Å². The fraction of sp³-hybridized carbons (Fsp3) is 0.538. The van der Waals surface area contributed by atoms with E-state index in [0.29, 0.717) is 6.04 Å². The van der Waals surface area contributed by atoms with Gasteiger partial charge in [-0.3, -0.25) is 0 Å². The minimum atomic E-state index is 0.667. The Labute approximate surface area is 111 Å². The van der Waals surface area contributed by atoms with Crippen LogP contribution in [0.2, 0.25) is 0 Å². The third-order valence-corrected chi connectivity index (χ3v) is 4.09. The van der Waals surface area contributed by atoms with Gasteiger partial charge in [0.1, 0.15) is 0 Å². The van der Waals surface area contributed by atoms with Crippen molar-refractivity contribution in [1.82, 2.24) is 5.32 Å². The van der Waals surface area contributed by atoms with Gasteiger partial charge < -0.3 is 15.5 Å². The summed E-state index contributed by atoms with van der Waals surface area (Å²) in [5.74, 6) is 0. The number of benzene rings is 1. The van der Waals surface area contributed by atoms with Crippen molar-refractivity contribution in [3.8, 4) is 0 Å². The molecule has 4 heteroatoms. The molecule has 2 N–H and O–H groups in total. The number of rotatable bonds is 2. The largest absolute Gasteiger partial charge is 0.382 e. The van der Waals surface area contributed by atoms with Crippen molar-refractivity contribution >= 4 is 27.3 Å². The van der Waals surface area contributed by atoms with Gasteiger partial charge in [0, 0.05) is 30.1 Å². The Balaban J connectivity index is 1.80. The van der Waals surface area contributed by atoms with Crippen LogP contribution in [0.1, 0.15) is 12.8 Å². The molecule has 1 saturated heterocycles. The van der Waals surface area contributed by atoms with Gasteiger partial charge in [-0.15, -0.1) is 0 Å². The maximum atomic E-state index is 3.58. The van der Waals surface area contributed by atoms with Crippen molar-refractivity contribution in [2.75, 3.05) is 36.4 Å². The number of anilines is 2. The summed E-state index contributed by atoms with van der Waals surface area (Å²) in [4.78, 5) is 2.50. The standard InChI is InChI=1S/C13H18BrN3/c14-10-3-4-12-13(8-10)17(7-6-16-12)9-11-2-1-5-15-11/h3-4,8,11,15-16H,1-2,5-7,9H2. The van der Waals surface area contributed by atoms with Crippen LogP contribution >= 0.6 is 15.9 Å². The molecule has 1 unspecified atom stereocenters. The quantitative estimate of drug-likeness (QED) is 0.878. The Hall–Kier alpha value is -0.740. The average Bonchev–Trinajstić information content (AvgIpc) is 2.83. The third-order valence-electron chi connectivity index (χ3n) is 3.60. The summed E-state index contributed by atoms with van der Waals surface area (Å²) in [6, 6.07) is 7.15. The van der Waals surface area contributed by atoms with Gasteiger partial charge in [0.2, 0.25) is 0 Å². The molecule has 2 aliphatic heterocycles. The molecular weight excluding hydrogens is 278 g/mol. The molecule has 1 aromatic carbocycles. The Bertz CT molecular complexity index is 402. The molecule has 0 aliphatic carbocycles. The first-order chi connectivity index (χ1) is 8.33. The predicted octanol–water partition coefficient (Wildman–Crippen LogP) is 2.43. The van der Waals surface area contributed by atoms with E-state index in [2.05, 4.69) is 49.7 Å². The first kappa shape index (κ1) is 11.4. The van der Waals surface area contributed by atoms with Crippen molar-refractivity contribution in [3.05, 3.63) is 22.7 Å². The van der Waals surface area contributed by atoms with E-state index in [1.807, 2.05) is 0 Å². The lowest BCUT2D eigenvalue weighted by atomic mass is 10.1. The van der Waals surface area contributed by atoms with Gasteiger partial charge in [-0.2, -0.15) is 0 Å².